The van der Waals surface area contributed by atoms with Gasteiger partial charge in [0.15, 0.2) is 0 Å². The standard InChI is InChI=1S/C17H16F3NO3/c1-12(22)21-11-10-13-2-4-14(5-3-13)23-15-6-8-16(9-7-15)24-17(18,19)20/h2-9H,10-11H2,1H3,(H,21,22). The molecule has 0 atom stereocenters. The minimum absolute atomic E-state index is 0.0760. The summed E-state index contributed by atoms with van der Waals surface area (Å²) in [4.78, 5) is 10.8. The molecule has 0 aliphatic carbocycles. The van der Waals surface area contributed by atoms with Crippen molar-refractivity contribution in [1.29, 1.82) is 0 Å². The van der Waals surface area contributed by atoms with Gasteiger partial charge in [-0.05, 0) is 48.4 Å². The van der Waals surface area contributed by atoms with Gasteiger partial charge in [-0.15, -0.1) is 13.2 Å². The fraction of sp³-hybridized carbons (Fsp3) is 0.235. The number of halogens is 3. The van der Waals surface area contributed by atoms with Crippen molar-refractivity contribution in [2.24, 2.45) is 0 Å². The SMILES string of the molecule is CC(=O)NCCc1ccc(Oc2ccc(OC(F)(F)F)cc2)cc1. The van der Waals surface area contributed by atoms with Crippen LogP contribution in [-0.2, 0) is 11.2 Å². The lowest BCUT2D eigenvalue weighted by Gasteiger charge is -2.10. The zero-order valence-electron chi connectivity index (χ0n) is 12.9. The minimum atomic E-state index is -4.71. The van der Waals surface area contributed by atoms with Crippen LogP contribution in [0.1, 0.15) is 12.5 Å². The van der Waals surface area contributed by atoms with E-state index in [1.54, 1.807) is 12.1 Å². The van der Waals surface area contributed by atoms with Crippen LogP contribution >= 0.6 is 0 Å². The van der Waals surface area contributed by atoms with E-state index in [-0.39, 0.29) is 11.7 Å². The molecule has 24 heavy (non-hydrogen) atoms. The number of nitrogens with one attached hydrogen (secondary N) is 1. The lowest BCUT2D eigenvalue weighted by Crippen LogP contribution is -2.22. The van der Waals surface area contributed by atoms with Gasteiger partial charge in [-0.3, -0.25) is 4.79 Å². The Morgan fingerprint density at radius 2 is 1.46 bits per heavy atom. The van der Waals surface area contributed by atoms with Gasteiger partial charge in [0.2, 0.25) is 5.91 Å². The van der Waals surface area contributed by atoms with Gasteiger partial charge in [-0.1, -0.05) is 12.1 Å². The van der Waals surface area contributed by atoms with Gasteiger partial charge in [0.1, 0.15) is 17.2 Å². The molecule has 0 radical (unpaired) electrons. The maximum Gasteiger partial charge on any atom is 0.573 e. The van der Waals surface area contributed by atoms with E-state index < -0.39 is 6.36 Å². The molecule has 2 aromatic rings. The third-order valence-corrected chi connectivity index (χ3v) is 3.00. The number of amides is 1. The lowest BCUT2D eigenvalue weighted by atomic mass is 10.1. The van der Waals surface area contributed by atoms with E-state index in [2.05, 4.69) is 10.1 Å². The van der Waals surface area contributed by atoms with Crippen LogP contribution < -0.4 is 14.8 Å². The van der Waals surface area contributed by atoms with Crippen molar-refractivity contribution >= 4 is 5.91 Å². The molecular formula is C17H16F3NO3. The Hall–Kier alpha value is -2.70. The molecule has 0 saturated heterocycles. The molecule has 0 spiro atoms. The summed E-state index contributed by atoms with van der Waals surface area (Å²) in [6.07, 6.45) is -4.02. The molecule has 0 saturated carbocycles. The first-order valence-electron chi connectivity index (χ1n) is 7.19. The molecule has 2 aromatic carbocycles. The second-order valence-electron chi connectivity index (χ2n) is 5.00. The van der Waals surface area contributed by atoms with Crippen LogP contribution in [0.2, 0.25) is 0 Å². The number of hydrogen-bond acceptors (Lipinski definition) is 3. The average molecular weight is 339 g/mol. The molecule has 0 unspecified atom stereocenters. The zero-order chi connectivity index (χ0) is 17.6. The molecule has 1 N–H and O–H groups in total. The number of ether oxygens (including phenoxy) is 2. The predicted octanol–water partition coefficient (Wildman–Crippen LogP) is 4.06. The molecule has 0 fully saturated rings. The van der Waals surface area contributed by atoms with Crippen LogP contribution in [-0.4, -0.2) is 18.8 Å². The van der Waals surface area contributed by atoms with Crippen molar-refractivity contribution in [3.8, 4) is 17.2 Å². The number of carbonyl (C=O) groups excluding carboxylic acids is 1. The summed E-state index contributed by atoms with van der Waals surface area (Å²) < 4.78 is 45.6. The summed E-state index contributed by atoms with van der Waals surface area (Å²) in [5.41, 5.74) is 1.03. The van der Waals surface area contributed by atoms with Gasteiger partial charge < -0.3 is 14.8 Å². The van der Waals surface area contributed by atoms with Crippen molar-refractivity contribution in [2.75, 3.05) is 6.54 Å². The Kier molecular flexibility index (Phi) is 5.68. The highest BCUT2D eigenvalue weighted by molar-refractivity contribution is 5.72. The van der Waals surface area contributed by atoms with Crippen molar-refractivity contribution < 1.29 is 27.4 Å². The van der Waals surface area contributed by atoms with E-state index in [4.69, 9.17) is 4.74 Å². The topological polar surface area (TPSA) is 47.6 Å². The van der Waals surface area contributed by atoms with Crippen LogP contribution in [0.15, 0.2) is 48.5 Å². The van der Waals surface area contributed by atoms with Crippen LogP contribution in [0.5, 0.6) is 17.2 Å². The van der Waals surface area contributed by atoms with E-state index in [9.17, 15) is 18.0 Å². The first kappa shape index (κ1) is 17.7. The van der Waals surface area contributed by atoms with E-state index in [0.717, 1.165) is 5.56 Å². The molecule has 0 aliphatic rings. The van der Waals surface area contributed by atoms with Gasteiger partial charge in [-0.2, -0.15) is 0 Å². The maximum absolute atomic E-state index is 12.1. The predicted molar refractivity (Wildman–Crippen MR) is 82.0 cm³/mol. The normalized spacial score (nSPS) is 11.0. The molecule has 1 amide bonds. The zero-order valence-corrected chi connectivity index (χ0v) is 12.9. The van der Waals surface area contributed by atoms with Gasteiger partial charge in [0, 0.05) is 13.5 Å². The average Bonchev–Trinajstić information content (AvgIpc) is 2.49. The van der Waals surface area contributed by atoms with E-state index in [0.29, 0.717) is 24.5 Å². The first-order valence-corrected chi connectivity index (χ1v) is 7.19. The highest BCUT2D eigenvalue weighted by Crippen LogP contribution is 2.27. The van der Waals surface area contributed by atoms with E-state index >= 15 is 0 Å². The maximum atomic E-state index is 12.1. The number of rotatable bonds is 6. The summed E-state index contributed by atoms with van der Waals surface area (Å²) in [5.74, 6) is 0.578. The van der Waals surface area contributed by atoms with Crippen molar-refractivity contribution in [1.82, 2.24) is 5.32 Å². The molecule has 0 aliphatic heterocycles. The molecule has 7 heteroatoms. The number of hydrogen-bond donors (Lipinski definition) is 1. The Morgan fingerprint density at radius 3 is 1.96 bits per heavy atom. The summed E-state index contributed by atoms with van der Waals surface area (Å²) in [6, 6.07) is 12.4. The molecule has 128 valence electrons. The quantitative estimate of drug-likeness (QED) is 0.863. The van der Waals surface area contributed by atoms with Crippen molar-refractivity contribution in [2.45, 2.75) is 19.7 Å². The summed E-state index contributed by atoms with van der Waals surface area (Å²) in [5, 5.41) is 2.71. The van der Waals surface area contributed by atoms with E-state index in [1.165, 1.54) is 31.2 Å². The fourth-order valence-electron chi connectivity index (χ4n) is 1.95. The largest absolute Gasteiger partial charge is 0.573 e. The van der Waals surface area contributed by atoms with Gasteiger partial charge in [-0.25, -0.2) is 0 Å². The minimum Gasteiger partial charge on any atom is -0.457 e. The van der Waals surface area contributed by atoms with Crippen molar-refractivity contribution in [3.63, 3.8) is 0 Å². The molecule has 2 rings (SSSR count). The van der Waals surface area contributed by atoms with Crippen LogP contribution in [0.3, 0.4) is 0 Å². The molecule has 0 bridgehead atoms. The summed E-state index contributed by atoms with van der Waals surface area (Å²) in [7, 11) is 0. The Morgan fingerprint density at radius 1 is 0.958 bits per heavy atom. The Bertz CT molecular complexity index is 667. The van der Waals surface area contributed by atoms with Gasteiger partial charge in [0.05, 0.1) is 0 Å². The third kappa shape index (κ3) is 6.20. The smallest absolute Gasteiger partial charge is 0.457 e. The monoisotopic (exact) mass is 339 g/mol. The highest BCUT2D eigenvalue weighted by atomic mass is 19.4. The first-order chi connectivity index (χ1) is 11.3. The van der Waals surface area contributed by atoms with Crippen LogP contribution in [0.25, 0.3) is 0 Å². The van der Waals surface area contributed by atoms with Crippen LogP contribution in [0, 0.1) is 0 Å². The summed E-state index contributed by atoms with van der Waals surface area (Å²) in [6.45, 7) is 2.01. The molecular weight excluding hydrogens is 323 g/mol. The second kappa shape index (κ2) is 7.72. The van der Waals surface area contributed by atoms with E-state index in [1.807, 2.05) is 12.1 Å². The Labute approximate surface area is 137 Å². The summed E-state index contributed by atoms with van der Waals surface area (Å²) >= 11 is 0. The lowest BCUT2D eigenvalue weighted by molar-refractivity contribution is -0.274. The van der Waals surface area contributed by atoms with Gasteiger partial charge >= 0.3 is 6.36 Å². The van der Waals surface area contributed by atoms with Gasteiger partial charge in [0.25, 0.3) is 0 Å². The second-order valence-corrected chi connectivity index (χ2v) is 5.00. The Balaban J connectivity index is 1.90. The molecule has 0 heterocycles. The third-order valence-electron chi connectivity index (χ3n) is 3.00. The van der Waals surface area contributed by atoms with Crippen LogP contribution in [0.4, 0.5) is 13.2 Å². The number of alkyl halides is 3. The number of benzene rings is 2. The van der Waals surface area contributed by atoms with Crippen molar-refractivity contribution in [3.05, 3.63) is 54.1 Å². The fourth-order valence-corrected chi connectivity index (χ4v) is 1.95. The highest BCUT2D eigenvalue weighted by Gasteiger charge is 2.30. The number of carbonyl (C=O) groups is 1. The molecule has 4 nitrogen and oxygen atoms in total. The molecule has 0 aromatic heterocycles.